The van der Waals surface area contributed by atoms with Crippen LogP contribution < -0.4 is 0 Å². The summed E-state index contributed by atoms with van der Waals surface area (Å²) in [5.41, 5.74) is 3.75. The van der Waals surface area contributed by atoms with Crippen molar-refractivity contribution in [1.82, 2.24) is 4.90 Å². The molecule has 1 heterocycles. The number of fused-ring (bicyclic) bond motifs is 2. The summed E-state index contributed by atoms with van der Waals surface area (Å²) in [6.45, 7) is 0.931. The van der Waals surface area contributed by atoms with E-state index >= 15 is 0 Å². The second-order valence-electron chi connectivity index (χ2n) is 6.12. The van der Waals surface area contributed by atoms with E-state index in [4.69, 9.17) is 0 Å². The summed E-state index contributed by atoms with van der Waals surface area (Å²) in [4.78, 5) is 2.56. The van der Waals surface area contributed by atoms with Crippen LogP contribution in [0.25, 0.3) is 5.57 Å². The van der Waals surface area contributed by atoms with Gasteiger partial charge in [-0.05, 0) is 43.3 Å². The minimum atomic E-state index is -3.32. The van der Waals surface area contributed by atoms with Gasteiger partial charge in [0.2, 0.25) is 0 Å². The molecule has 0 spiro atoms. The highest BCUT2D eigenvalue weighted by Gasteiger charge is 2.27. The minimum absolute atomic E-state index is 0.0607. The molecular weight excluding hydrogens is 306 g/mol. The standard InChI is InChI=1S/C19H21NO2S/c1-20(2)13-7-11-17-16-9-4-3-8-15(16)14-23(21,22)19-12-6-5-10-18(17)19/h3-6,8-12H,7,13-14H2,1-2H3/b17-11+. The van der Waals surface area contributed by atoms with Crippen molar-refractivity contribution in [3.63, 3.8) is 0 Å². The quantitative estimate of drug-likeness (QED) is 0.867. The van der Waals surface area contributed by atoms with Crippen molar-refractivity contribution in [2.45, 2.75) is 17.1 Å². The van der Waals surface area contributed by atoms with Crippen LogP contribution in [-0.2, 0) is 15.6 Å². The Morgan fingerprint density at radius 1 is 1.00 bits per heavy atom. The topological polar surface area (TPSA) is 37.4 Å². The molecule has 4 heteroatoms. The van der Waals surface area contributed by atoms with Crippen molar-refractivity contribution in [3.05, 3.63) is 71.3 Å². The van der Waals surface area contributed by atoms with Gasteiger partial charge in [0, 0.05) is 12.1 Å². The zero-order valence-corrected chi connectivity index (χ0v) is 14.3. The molecule has 0 saturated carbocycles. The summed E-state index contributed by atoms with van der Waals surface area (Å²) in [6.07, 6.45) is 3.05. The fourth-order valence-corrected chi connectivity index (χ4v) is 4.60. The predicted octanol–water partition coefficient (Wildman–Crippen LogP) is 3.36. The van der Waals surface area contributed by atoms with E-state index in [9.17, 15) is 8.42 Å². The number of hydrogen-bond donors (Lipinski definition) is 0. The van der Waals surface area contributed by atoms with Crippen LogP contribution in [0.15, 0.2) is 59.5 Å². The maximum atomic E-state index is 12.7. The average Bonchev–Trinajstić information content (AvgIpc) is 2.60. The molecule has 1 aliphatic heterocycles. The van der Waals surface area contributed by atoms with Gasteiger partial charge in [0.05, 0.1) is 10.6 Å². The normalized spacial score (nSPS) is 17.6. The lowest BCUT2D eigenvalue weighted by atomic mass is 9.93. The van der Waals surface area contributed by atoms with Crippen molar-refractivity contribution in [3.8, 4) is 0 Å². The largest absolute Gasteiger partial charge is 0.309 e. The van der Waals surface area contributed by atoms with E-state index in [1.165, 1.54) is 0 Å². The van der Waals surface area contributed by atoms with Gasteiger partial charge in [-0.3, -0.25) is 0 Å². The Kier molecular flexibility index (Phi) is 4.37. The Bertz CT molecular complexity index is 851. The summed E-state index contributed by atoms with van der Waals surface area (Å²) in [6, 6.07) is 15.1. The first kappa shape index (κ1) is 16.0. The Morgan fingerprint density at radius 3 is 2.39 bits per heavy atom. The van der Waals surface area contributed by atoms with Gasteiger partial charge in [-0.25, -0.2) is 8.42 Å². The van der Waals surface area contributed by atoms with E-state index < -0.39 is 9.84 Å². The fourth-order valence-electron chi connectivity index (χ4n) is 2.98. The van der Waals surface area contributed by atoms with E-state index in [0.29, 0.717) is 4.90 Å². The maximum Gasteiger partial charge on any atom is 0.183 e. The number of sulfone groups is 1. The van der Waals surface area contributed by atoms with Crippen LogP contribution in [0.5, 0.6) is 0 Å². The van der Waals surface area contributed by atoms with E-state index in [1.54, 1.807) is 12.1 Å². The fraction of sp³-hybridized carbons (Fsp3) is 0.263. The first-order chi connectivity index (χ1) is 11.0. The van der Waals surface area contributed by atoms with Crippen LogP contribution in [0, 0.1) is 0 Å². The van der Waals surface area contributed by atoms with Crippen molar-refractivity contribution < 1.29 is 8.42 Å². The van der Waals surface area contributed by atoms with Gasteiger partial charge in [-0.1, -0.05) is 48.5 Å². The Hall–Kier alpha value is -1.91. The third-order valence-corrected chi connectivity index (χ3v) is 5.81. The molecule has 2 aromatic carbocycles. The number of rotatable bonds is 3. The van der Waals surface area contributed by atoms with Crippen molar-refractivity contribution in [2.24, 2.45) is 0 Å². The molecule has 0 fully saturated rings. The number of benzene rings is 2. The monoisotopic (exact) mass is 327 g/mol. The van der Waals surface area contributed by atoms with Gasteiger partial charge in [0.15, 0.2) is 9.84 Å². The molecule has 23 heavy (non-hydrogen) atoms. The van der Waals surface area contributed by atoms with E-state index in [2.05, 4.69) is 11.0 Å². The zero-order valence-electron chi connectivity index (χ0n) is 13.5. The molecule has 0 amide bonds. The van der Waals surface area contributed by atoms with Crippen molar-refractivity contribution in [1.29, 1.82) is 0 Å². The van der Waals surface area contributed by atoms with Gasteiger partial charge in [-0.15, -0.1) is 0 Å². The molecule has 0 bridgehead atoms. The smallest absolute Gasteiger partial charge is 0.183 e. The van der Waals surface area contributed by atoms with Crippen LogP contribution in [-0.4, -0.2) is 34.0 Å². The Balaban J connectivity index is 2.21. The highest BCUT2D eigenvalue weighted by molar-refractivity contribution is 7.90. The molecule has 1 aliphatic rings. The highest BCUT2D eigenvalue weighted by Crippen LogP contribution is 2.36. The Labute approximate surface area is 138 Å². The number of nitrogens with zero attached hydrogens (tertiary/aromatic N) is 1. The summed E-state index contributed by atoms with van der Waals surface area (Å²) >= 11 is 0. The molecule has 0 N–H and O–H groups in total. The second kappa shape index (κ2) is 6.30. The molecule has 0 radical (unpaired) electrons. The lowest BCUT2D eigenvalue weighted by Crippen LogP contribution is -2.12. The molecule has 0 aliphatic carbocycles. The molecule has 0 aromatic heterocycles. The highest BCUT2D eigenvalue weighted by atomic mass is 32.2. The Morgan fingerprint density at radius 2 is 1.65 bits per heavy atom. The first-order valence-electron chi connectivity index (χ1n) is 7.74. The van der Waals surface area contributed by atoms with Crippen LogP contribution in [0.3, 0.4) is 0 Å². The second-order valence-corrected chi connectivity index (χ2v) is 8.08. The summed E-state index contributed by atoms with van der Waals surface area (Å²) in [5.74, 6) is 0.0607. The molecule has 120 valence electrons. The summed E-state index contributed by atoms with van der Waals surface area (Å²) in [7, 11) is 0.762. The van der Waals surface area contributed by atoms with Crippen LogP contribution >= 0.6 is 0 Å². The first-order valence-corrected chi connectivity index (χ1v) is 9.39. The van der Waals surface area contributed by atoms with Crippen LogP contribution in [0.2, 0.25) is 0 Å². The molecule has 0 saturated heterocycles. The summed E-state index contributed by atoms with van der Waals surface area (Å²) < 4.78 is 25.5. The number of hydrogen-bond acceptors (Lipinski definition) is 3. The van der Waals surface area contributed by atoms with Gasteiger partial charge in [-0.2, -0.15) is 0 Å². The van der Waals surface area contributed by atoms with Gasteiger partial charge in [0.1, 0.15) is 0 Å². The maximum absolute atomic E-state index is 12.7. The average molecular weight is 327 g/mol. The minimum Gasteiger partial charge on any atom is -0.309 e. The molecule has 0 atom stereocenters. The molecule has 3 nitrogen and oxygen atoms in total. The van der Waals surface area contributed by atoms with E-state index in [1.807, 2.05) is 50.5 Å². The van der Waals surface area contributed by atoms with Crippen molar-refractivity contribution >= 4 is 15.4 Å². The van der Waals surface area contributed by atoms with E-state index in [0.717, 1.165) is 35.2 Å². The third-order valence-electron chi connectivity index (χ3n) is 4.09. The van der Waals surface area contributed by atoms with Gasteiger partial charge >= 0.3 is 0 Å². The summed E-state index contributed by atoms with van der Waals surface area (Å²) in [5, 5.41) is 0. The van der Waals surface area contributed by atoms with Crippen LogP contribution in [0.1, 0.15) is 23.1 Å². The molecular formula is C19H21NO2S. The predicted molar refractivity (Wildman–Crippen MR) is 94.0 cm³/mol. The SMILES string of the molecule is CN(C)CC/C=C1\c2ccccc2CS(=O)(=O)c2ccccc21. The van der Waals surface area contributed by atoms with Gasteiger partial charge in [0.25, 0.3) is 0 Å². The zero-order chi connectivity index (χ0) is 16.4. The van der Waals surface area contributed by atoms with Crippen molar-refractivity contribution in [2.75, 3.05) is 20.6 Å². The molecule has 3 rings (SSSR count). The van der Waals surface area contributed by atoms with E-state index in [-0.39, 0.29) is 5.75 Å². The lowest BCUT2D eigenvalue weighted by molar-refractivity contribution is 0.417. The molecule has 0 unspecified atom stereocenters. The molecule has 2 aromatic rings. The van der Waals surface area contributed by atoms with Crippen LogP contribution in [0.4, 0.5) is 0 Å². The lowest BCUT2D eigenvalue weighted by Gasteiger charge is -2.12. The third kappa shape index (κ3) is 3.23. The van der Waals surface area contributed by atoms with Gasteiger partial charge < -0.3 is 4.90 Å².